The second kappa shape index (κ2) is 5.49. The molecule has 1 saturated carbocycles. The zero-order valence-corrected chi connectivity index (χ0v) is 12.0. The van der Waals surface area contributed by atoms with E-state index in [0.29, 0.717) is 5.92 Å². The summed E-state index contributed by atoms with van der Waals surface area (Å²) >= 11 is 1.85. The van der Waals surface area contributed by atoms with E-state index in [4.69, 9.17) is 10.7 Å². The first-order chi connectivity index (χ1) is 8.13. The summed E-state index contributed by atoms with van der Waals surface area (Å²) < 4.78 is 0. The summed E-state index contributed by atoms with van der Waals surface area (Å²) in [6.45, 7) is 7.41. The van der Waals surface area contributed by atoms with E-state index in [1.807, 2.05) is 11.3 Å². The highest BCUT2D eigenvalue weighted by Crippen LogP contribution is 2.40. The van der Waals surface area contributed by atoms with Crippen LogP contribution >= 0.6 is 11.3 Å². The Bertz CT molecular complexity index is 353. The van der Waals surface area contributed by atoms with Gasteiger partial charge in [-0.3, -0.25) is 0 Å². The van der Waals surface area contributed by atoms with Gasteiger partial charge in [-0.1, -0.05) is 26.2 Å². The average Bonchev–Trinajstić information content (AvgIpc) is 2.63. The van der Waals surface area contributed by atoms with Crippen LogP contribution in [0.2, 0.25) is 0 Å². The zero-order valence-electron chi connectivity index (χ0n) is 11.2. The van der Waals surface area contributed by atoms with E-state index < -0.39 is 0 Å². The van der Waals surface area contributed by atoms with Crippen LogP contribution in [0.15, 0.2) is 0 Å². The molecule has 0 radical (unpaired) electrons. The molecule has 0 bridgehead atoms. The SMILES string of the molecule is Cc1nc(C(CN)C2CCCCC2C)sc1C. The van der Waals surface area contributed by atoms with E-state index in [2.05, 4.69) is 20.8 Å². The van der Waals surface area contributed by atoms with Gasteiger partial charge in [0.05, 0.1) is 10.7 Å². The maximum Gasteiger partial charge on any atom is 0.0977 e. The molecule has 1 aliphatic rings. The van der Waals surface area contributed by atoms with Crippen molar-refractivity contribution in [3.8, 4) is 0 Å². The van der Waals surface area contributed by atoms with Gasteiger partial charge in [0.15, 0.2) is 0 Å². The maximum atomic E-state index is 6.02. The Labute approximate surface area is 109 Å². The van der Waals surface area contributed by atoms with Crippen LogP contribution in [0.1, 0.15) is 54.1 Å². The zero-order chi connectivity index (χ0) is 12.4. The maximum absolute atomic E-state index is 6.02. The number of hydrogen-bond donors (Lipinski definition) is 1. The fourth-order valence-electron chi connectivity index (χ4n) is 3.06. The molecule has 17 heavy (non-hydrogen) atoms. The Morgan fingerprint density at radius 1 is 1.35 bits per heavy atom. The summed E-state index contributed by atoms with van der Waals surface area (Å²) in [6, 6.07) is 0. The van der Waals surface area contributed by atoms with Gasteiger partial charge in [0.1, 0.15) is 0 Å². The van der Waals surface area contributed by atoms with Crippen LogP contribution in [0.4, 0.5) is 0 Å². The van der Waals surface area contributed by atoms with Crippen LogP contribution in [0.25, 0.3) is 0 Å². The Hall–Kier alpha value is -0.410. The van der Waals surface area contributed by atoms with Crippen molar-refractivity contribution >= 4 is 11.3 Å². The average molecular weight is 252 g/mol. The predicted octanol–water partition coefficient (Wildman–Crippen LogP) is 3.63. The van der Waals surface area contributed by atoms with Crippen molar-refractivity contribution < 1.29 is 0 Å². The minimum Gasteiger partial charge on any atom is -0.330 e. The van der Waals surface area contributed by atoms with Gasteiger partial charge in [-0.05, 0) is 32.1 Å². The Balaban J connectivity index is 2.20. The minimum absolute atomic E-state index is 0.489. The molecule has 0 aromatic carbocycles. The third-order valence-electron chi connectivity index (χ3n) is 4.31. The van der Waals surface area contributed by atoms with Gasteiger partial charge in [-0.2, -0.15) is 0 Å². The molecule has 1 fully saturated rings. The fraction of sp³-hybridized carbons (Fsp3) is 0.786. The first-order valence-corrected chi connectivity index (χ1v) is 7.59. The first kappa shape index (κ1) is 13.0. The number of aryl methyl sites for hydroxylation is 2. The number of thiazole rings is 1. The molecule has 2 rings (SSSR count). The molecular weight excluding hydrogens is 228 g/mol. The molecule has 0 spiro atoms. The number of nitrogens with zero attached hydrogens (tertiary/aromatic N) is 1. The predicted molar refractivity (Wildman–Crippen MR) is 74.5 cm³/mol. The van der Waals surface area contributed by atoms with Crippen LogP contribution < -0.4 is 5.73 Å². The van der Waals surface area contributed by atoms with Crippen molar-refractivity contribution in [1.82, 2.24) is 4.98 Å². The first-order valence-electron chi connectivity index (χ1n) is 6.77. The highest BCUT2D eigenvalue weighted by Gasteiger charge is 2.31. The van der Waals surface area contributed by atoms with E-state index in [1.54, 1.807) is 0 Å². The topological polar surface area (TPSA) is 38.9 Å². The van der Waals surface area contributed by atoms with Crippen molar-refractivity contribution in [2.24, 2.45) is 17.6 Å². The molecular formula is C14H24N2S. The molecule has 0 amide bonds. The minimum atomic E-state index is 0.489. The number of aromatic nitrogens is 1. The van der Waals surface area contributed by atoms with Crippen molar-refractivity contribution in [2.45, 2.75) is 52.4 Å². The molecule has 2 nitrogen and oxygen atoms in total. The van der Waals surface area contributed by atoms with Crippen LogP contribution in [0, 0.1) is 25.7 Å². The Kier molecular flexibility index (Phi) is 4.21. The monoisotopic (exact) mass is 252 g/mol. The summed E-state index contributed by atoms with van der Waals surface area (Å²) in [5.41, 5.74) is 7.21. The van der Waals surface area contributed by atoms with E-state index in [1.165, 1.54) is 41.3 Å². The summed E-state index contributed by atoms with van der Waals surface area (Å²) in [5.74, 6) is 2.04. The molecule has 0 saturated heterocycles. The molecule has 96 valence electrons. The lowest BCUT2D eigenvalue weighted by atomic mass is 9.73. The van der Waals surface area contributed by atoms with Gasteiger partial charge in [-0.25, -0.2) is 4.98 Å². The second-order valence-electron chi connectivity index (χ2n) is 5.46. The van der Waals surface area contributed by atoms with Crippen molar-refractivity contribution in [1.29, 1.82) is 0 Å². The summed E-state index contributed by atoms with van der Waals surface area (Å²) in [6.07, 6.45) is 5.46. The van der Waals surface area contributed by atoms with Crippen LogP contribution in [-0.2, 0) is 0 Å². The standard InChI is InChI=1S/C14H24N2S/c1-9-6-4-5-7-12(9)13(8-15)14-16-10(2)11(3)17-14/h9,12-13H,4-8,15H2,1-3H3. The lowest BCUT2D eigenvalue weighted by Crippen LogP contribution is -2.28. The van der Waals surface area contributed by atoms with Gasteiger partial charge in [-0.15, -0.1) is 11.3 Å². The Morgan fingerprint density at radius 2 is 2.06 bits per heavy atom. The molecule has 2 N–H and O–H groups in total. The molecule has 1 aliphatic carbocycles. The molecule has 1 aromatic rings. The molecule has 3 unspecified atom stereocenters. The molecule has 0 aliphatic heterocycles. The summed E-state index contributed by atoms with van der Waals surface area (Å²) in [7, 11) is 0. The van der Waals surface area contributed by atoms with Crippen LogP contribution in [0.3, 0.4) is 0 Å². The lowest BCUT2D eigenvalue weighted by molar-refractivity contribution is 0.218. The van der Waals surface area contributed by atoms with Gasteiger partial charge in [0, 0.05) is 17.3 Å². The smallest absolute Gasteiger partial charge is 0.0977 e. The van der Waals surface area contributed by atoms with Crippen LogP contribution in [-0.4, -0.2) is 11.5 Å². The van der Waals surface area contributed by atoms with E-state index in [0.717, 1.165) is 18.4 Å². The highest BCUT2D eigenvalue weighted by molar-refractivity contribution is 7.11. The third kappa shape index (κ3) is 2.71. The third-order valence-corrected chi connectivity index (χ3v) is 5.52. The number of nitrogens with two attached hydrogens (primary N) is 1. The van der Waals surface area contributed by atoms with Gasteiger partial charge in [0.2, 0.25) is 0 Å². The van der Waals surface area contributed by atoms with Crippen LogP contribution in [0.5, 0.6) is 0 Å². The molecule has 3 atom stereocenters. The van der Waals surface area contributed by atoms with Crippen molar-refractivity contribution in [3.05, 3.63) is 15.6 Å². The van der Waals surface area contributed by atoms with Crippen molar-refractivity contribution in [3.63, 3.8) is 0 Å². The summed E-state index contributed by atoms with van der Waals surface area (Å²) in [4.78, 5) is 6.08. The van der Waals surface area contributed by atoms with Gasteiger partial charge >= 0.3 is 0 Å². The van der Waals surface area contributed by atoms with E-state index in [9.17, 15) is 0 Å². The normalized spacial score (nSPS) is 27.1. The van der Waals surface area contributed by atoms with Gasteiger partial charge in [0.25, 0.3) is 0 Å². The van der Waals surface area contributed by atoms with Crippen molar-refractivity contribution in [2.75, 3.05) is 6.54 Å². The molecule has 1 aromatic heterocycles. The van der Waals surface area contributed by atoms with E-state index in [-0.39, 0.29) is 0 Å². The lowest BCUT2D eigenvalue weighted by Gasteiger charge is -2.33. The molecule has 3 heteroatoms. The fourth-order valence-corrected chi connectivity index (χ4v) is 4.17. The Morgan fingerprint density at radius 3 is 2.59 bits per heavy atom. The summed E-state index contributed by atoms with van der Waals surface area (Å²) in [5, 5.41) is 1.28. The number of rotatable bonds is 3. The molecule has 1 heterocycles. The van der Waals surface area contributed by atoms with Gasteiger partial charge < -0.3 is 5.73 Å². The number of hydrogen-bond acceptors (Lipinski definition) is 3. The largest absolute Gasteiger partial charge is 0.330 e. The highest BCUT2D eigenvalue weighted by atomic mass is 32.1. The second-order valence-corrected chi connectivity index (χ2v) is 6.70. The van der Waals surface area contributed by atoms with E-state index >= 15 is 0 Å². The quantitative estimate of drug-likeness (QED) is 0.892.